The van der Waals surface area contributed by atoms with Gasteiger partial charge < -0.3 is 10.0 Å². The smallest absolute Gasteiger partial charge is 0.265 e. The number of Topliss-reactive ketones (excluding diaryl/α,β-unsaturated/α-hetero) is 1. The van der Waals surface area contributed by atoms with Gasteiger partial charge in [0.25, 0.3) is 5.91 Å². The van der Waals surface area contributed by atoms with E-state index in [1.807, 2.05) is 13.0 Å². The largest absolute Gasteiger partial charge is 0.505 e. The third-order valence-corrected chi connectivity index (χ3v) is 3.57. The third kappa shape index (κ3) is 3.18. The number of aliphatic hydroxyl groups excluding tert-OH is 1. The van der Waals surface area contributed by atoms with Crippen LogP contribution in [0.15, 0.2) is 35.3 Å². The number of likely N-dealkylation sites (N-methyl/N-ethyl adjacent to an activating group) is 1. The minimum atomic E-state index is -0.416. The minimum Gasteiger partial charge on any atom is -0.505 e. The second-order valence-corrected chi connectivity index (χ2v) is 5.03. The van der Waals surface area contributed by atoms with Gasteiger partial charge in [-0.25, -0.2) is 0 Å². The molecule has 1 aliphatic heterocycles. The molecular weight excluding hydrogens is 254 g/mol. The van der Waals surface area contributed by atoms with E-state index in [0.29, 0.717) is 12.1 Å². The molecule has 0 unspecified atom stereocenters. The van der Waals surface area contributed by atoms with E-state index >= 15 is 0 Å². The van der Waals surface area contributed by atoms with Gasteiger partial charge in [0.05, 0.1) is 5.70 Å². The molecule has 4 heteroatoms. The SMILES string of the molecule is C/C=C1/C(O)=C(C(=O)[C@@H](C)CCC/C=C/C)C(=O)N1C. The molecule has 0 spiro atoms. The number of aliphatic hydroxyl groups is 1. The molecule has 0 saturated carbocycles. The quantitative estimate of drug-likeness (QED) is 0.461. The highest BCUT2D eigenvalue weighted by atomic mass is 16.3. The number of amides is 1. The van der Waals surface area contributed by atoms with Crippen molar-refractivity contribution in [1.29, 1.82) is 0 Å². The minimum absolute atomic E-state index is 0.0702. The number of unbranched alkanes of at least 4 members (excludes halogenated alkanes) is 1. The van der Waals surface area contributed by atoms with Crippen LogP contribution in [0.5, 0.6) is 0 Å². The molecule has 0 saturated heterocycles. The van der Waals surface area contributed by atoms with Crippen LogP contribution in [-0.2, 0) is 9.59 Å². The van der Waals surface area contributed by atoms with Gasteiger partial charge in [0.2, 0.25) is 0 Å². The zero-order chi connectivity index (χ0) is 15.3. The van der Waals surface area contributed by atoms with Gasteiger partial charge in [-0.1, -0.05) is 25.2 Å². The van der Waals surface area contributed by atoms with Gasteiger partial charge in [-0.2, -0.15) is 0 Å². The Morgan fingerprint density at radius 1 is 1.40 bits per heavy atom. The van der Waals surface area contributed by atoms with Crippen LogP contribution in [0.2, 0.25) is 0 Å². The Balaban J connectivity index is 2.81. The highest BCUT2D eigenvalue weighted by molar-refractivity contribution is 6.23. The second-order valence-electron chi connectivity index (χ2n) is 5.03. The number of carbonyl (C=O) groups is 2. The summed E-state index contributed by atoms with van der Waals surface area (Å²) < 4.78 is 0. The fraction of sp³-hybridized carbons (Fsp3) is 0.500. The molecule has 0 fully saturated rings. The number of hydrogen-bond acceptors (Lipinski definition) is 3. The highest BCUT2D eigenvalue weighted by Crippen LogP contribution is 2.29. The van der Waals surface area contributed by atoms with Crippen LogP contribution >= 0.6 is 0 Å². The van der Waals surface area contributed by atoms with Crippen molar-refractivity contribution in [2.45, 2.75) is 40.0 Å². The van der Waals surface area contributed by atoms with Crippen molar-refractivity contribution in [1.82, 2.24) is 4.90 Å². The van der Waals surface area contributed by atoms with E-state index in [9.17, 15) is 14.7 Å². The zero-order valence-corrected chi connectivity index (χ0v) is 12.6. The number of allylic oxidation sites excluding steroid dienone is 3. The molecular formula is C16H23NO3. The normalized spacial score (nSPS) is 19.5. The summed E-state index contributed by atoms with van der Waals surface area (Å²) in [5.41, 5.74) is 0.332. The van der Waals surface area contributed by atoms with Crippen molar-refractivity contribution in [3.05, 3.63) is 35.3 Å². The molecule has 20 heavy (non-hydrogen) atoms. The summed E-state index contributed by atoms with van der Waals surface area (Å²) >= 11 is 0. The Kier molecular flexibility index (Phi) is 5.74. The molecule has 0 aromatic carbocycles. The lowest BCUT2D eigenvalue weighted by Crippen LogP contribution is -2.25. The van der Waals surface area contributed by atoms with Crippen molar-refractivity contribution in [3.8, 4) is 0 Å². The van der Waals surface area contributed by atoms with Crippen LogP contribution in [-0.4, -0.2) is 28.7 Å². The van der Waals surface area contributed by atoms with Gasteiger partial charge in [-0.15, -0.1) is 0 Å². The maximum Gasteiger partial charge on any atom is 0.265 e. The number of hydrogen-bond donors (Lipinski definition) is 1. The summed E-state index contributed by atoms with van der Waals surface area (Å²) in [5, 5.41) is 10.0. The molecule has 1 amide bonds. The van der Waals surface area contributed by atoms with Crippen LogP contribution in [0.1, 0.15) is 40.0 Å². The summed E-state index contributed by atoms with van der Waals surface area (Å²) in [6, 6.07) is 0. The van der Waals surface area contributed by atoms with Crippen LogP contribution in [0.3, 0.4) is 0 Å². The average Bonchev–Trinajstić information content (AvgIpc) is 2.64. The lowest BCUT2D eigenvalue weighted by Gasteiger charge is -2.11. The Labute approximate surface area is 120 Å². The third-order valence-electron chi connectivity index (χ3n) is 3.57. The zero-order valence-electron chi connectivity index (χ0n) is 12.6. The first-order valence-corrected chi connectivity index (χ1v) is 6.99. The maximum atomic E-state index is 12.3. The molecule has 4 nitrogen and oxygen atoms in total. The van der Waals surface area contributed by atoms with E-state index in [0.717, 1.165) is 12.8 Å². The molecule has 1 atom stereocenters. The topological polar surface area (TPSA) is 57.6 Å². The number of rotatable bonds is 6. The fourth-order valence-electron chi connectivity index (χ4n) is 2.30. The first-order valence-electron chi connectivity index (χ1n) is 6.99. The first kappa shape index (κ1) is 16.2. The van der Waals surface area contributed by atoms with Crippen molar-refractivity contribution in [2.24, 2.45) is 5.92 Å². The van der Waals surface area contributed by atoms with E-state index in [4.69, 9.17) is 0 Å². The van der Waals surface area contributed by atoms with E-state index in [-0.39, 0.29) is 23.0 Å². The first-order chi connectivity index (χ1) is 9.45. The molecule has 1 aliphatic rings. The standard InChI is InChI=1S/C16H23NO3/c1-5-7-8-9-10-11(3)14(18)13-15(19)12(6-2)17(4)16(13)20/h5-7,11,19H,8-10H2,1-4H3/b7-5+,12-6-/t11-/m0/s1. The predicted octanol–water partition coefficient (Wildman–Crippen LogP) is 3.13. The monoisotopic (exact) mass is 277 g/mol. The Morgan fingerprint density at radius 3 is 2.55 bits per heavy atom. The van der Waals surface area contributed by atoms with Gasteiger partial charge >= 0.3 is 0 Å². The molecule has 110 valence electrons. The van der Waals surface area contributed by atoms with Gasteiger partial charge in [-0.05, 0) is 33.1 Å². The molecule has 1 heterocycles. The summed E-state index contributed by atoms with van der Waals surface area (Å²) in [5.74, 6) is -1.13. The summed E-state index contributed by atoms with van der Waals surface area (Å²) in [4.78, 5) is 25.7. The molecule has 1 N–H and O–H groups in total. The molecule has 0 aromatic heterocycles. The molecule has 0 bridgehead atoms. The maximum absolute atomic E-state index is 12.3. The van der Waals surface area contributed by atoms with E-state index < -0.39 is 5.91 Å². The number of carbonyl (C=O) groups excluding carboxylic acids is 2. The van der Waals surface area contributed by atoms with Gasteiger partial charge in [0.15, 0.2) is 11.5 Å². The number of ketones is 1. The Hall–Kier alpha value is -1.84. The van der Waals surface area contributed by atoms with E-state index in [2.05, 4.69) is 6.08 Å². The van der Waals surface area contributed by atoms with Crippen molar-refractivity contribution >= 4 is 11.7 Å². The Morgan fingerprint density at radius 2 is 2.05 bits per heavy atom. The highest BCUT2D eigenvalue weighted by Gasteiger charge is 2.37. The number of nitrogens with zero attached hydrogens (tertiary/aromatic N) is 1. The van der Waals surface area contributed by atoms with E-state index in [1.165, 1.54) is 4.90 Å². The van der Waals surface area contributed by atoms with Crippen LogP contribution < -0.4 is 0 Å². The van der Waals surface area contributed by atoms with Crippen molar-refractivity contribution in [2.75, 3.05) is 7.05 Å². The molecule has 0 radical (unpaired) electrons. The Bertz CT molecular complexity index is 486. The second kappa shape index (κ2) is 7.08. The van der Waals surface area contributed by atoms with Gasteiger partial charge in [-0.3, -0.25) is 9.59 Å². The molecule has 0 aromatic rings. The van der Waals surface area contributed by atoms with Crippen molar-refractivity contribution < 1.29 is 14.7 Å². The summed E-state index contributed by atoms with van der Waals surface area (Å²) in [6.07, 6.45) is 8.19. The molecule has 1 rings (SSSR count). The predicted molar refractivity (Wildman–Crippen MR) is 79.0 cm³/mol. The lowest BCUT2D eigenvalue weighted by molar-refractivity contribution is -0.127. The lowest BCUT2D eigenvalue weighted by atomic mass is 9.93. The average molecular weight is 277 g/mol. The van der Waals surface area contributed by atoms with Crippen LogP contribution in [0.25, 0.3) is 0 Å². The summed E-state index contributed by atoms with van der Waals surface area (Å²) in [6.45, 7) is 5.49. The summed E-state index contributed by atoms with van der Waals surface area (Å²) in [7, 11) is 1.56. The van der Waals surface area contributed by atoms with Gasteiger partial charge in [0.1, 0.15) is 5.57 Å². The molecule has 0 aliphatic carbocycles. The van der Waals surface area contributed by atoms with Crippen molar-refractivity contribution in [3.63, 3.8) is 0 Å². The van der Waals surface area contributed by atoms with Crippen LogP contribution in [0.4, 0.5) is 0 Å². The van der Waals surface area contributed by atoms with E-state index in [1.54, 1.807) is 27.0 Å². The van der Waals surface area contributed by atoms with Crippen LogP contribution in [0, 0.1) is 5.92 Å². The van der Waals surface area contributed by atoms with Gasteiger partial charge in [0, 0.05) is 13.0 Å². The fourth-order valence-corrected chi connectivity index (χ4v) is 2.30.